The molecule has 0 unspecified atom stereocenters. The first-order valence-corrected chi connectivity index (χ1v) is 2.72. The lowest BCUT2D eigenvalue weighted by Crippen LogP contribution is -1.65. The molecular weight excluding hydrogens is 148 g/mol. The van der Waals surface area contributed by atoms with Crippen LogP contribution in [0.4, 0.5) is 0 Å². The molecule has 1 aromatic rings. The minimum Gasteiger partial charge on any atom is -0.462 e. The molecule has 4 heteroatoms. The van der Waals surface area contributed by atoms with Crippen LogP contribution in [0, 0.1) is 0 Å². The number of hydrogen-bond donors (Lipinski definition) is 0. The zero-order valence-electron chi connectivity index (χ0n) is 5.60. The second-order valence-electron chi connectivity index (χ2n) is 1.41. The van der Waals surface area contributed by atoms with E-state index in [4.69, 9.17) is 9.59 Å². The highest BCUT2D eigenvalue weighted by atomic mass is 16.3. The van der Waals surface area contributed by atoms with Gasteiger partial charge >= 0.3 is 0 Å². The van der Waals surface area contributed by atoms with E-state index in [1.165, 1.54) is 6.26 Å². The van der Waals surface area contributed by atoms with Gasteiger partial charge in [-0.25, -0.2) is 0 Å². The predicted molar refractivity (Wildman–Crippen MR) is 36.2 cm³/mol. The summed E-state index contributed by atoms with van der Waals surface area (Å²) in [6.45, 7) is 0. The lowest BCUT2D eigenvalue weighted by Gasteiger charge is -1.68. The summed E-state index contributed by atoms with van der Waals surface area (Å²) in [7, 11) is 0. The highest BCUT2D eigenvalue weighted by molar-refractivity contribution is 6.09. The Labute approximate surface area is 62.8 Å². The average molecular weight is 154 g/mol. The topological polar surface area (TPSA) is 64.3 Å². The van der Waals surface area contributed by atoms with E-state index >= 15 is 0 Å². The fraction of sp³-hybridized carbons (Fsp3) is 0. The summed E-state index contributed by atoms with van der Waals surface area (Å²) in [5.74, 6) is 0.375. The number of hydrogen-bond acceptors (Lipinski definition) is 4. The number of rotatable bonds is 2. The Hall–Kier alpha value is -1.71. The van der Waals surface area contributed by atoms with Crippen molar-refractivity contribution >= 4 is 18.9 Å². The molecule has 0 atom stereocenters. The van der Waals surface area contributed by atoms with Crippen molar-refractivity contribution in [2.45, 2.75) is 0 Å². The summed E-state index contributed by atoms with van der Waals surface area (Å²) in [6, 6.07) is 3.27. The van der Waals surface area contributed by atoms with E-state index in [1.807, 2.05) is 0 Å². The third-order valence-electron chi connectivity index (χ3n) is 0.715. The Morgan fingerprint density at radius 1 is 1.18 bits per heavy atom. The smallest absolute Gasteiger partial charge is 0.185 e. The minimum atomic E-state index is 0.194. The largest absolute Gasteiger partial charge is 0.462 e. The van der Waals surface area contributed by atoms with Gasteiger partial charge in [-0.15, -0.1) is 0 Å². The van der Waals surface area contributed by atoms with Crippen molar-refractivity contribution in [1.29, 1.82) is 0 Å². The van der Waals surface area contributed by atoms with Gasteiger partial charge in [0.2, 0.25) is 0 Å². The van der Waals surface area contributed by atoms with Crippen LogP contribution >= 0.6 is 0 Å². The van der Waals surface area contributed by atoms with Crippen molar-refractivity contribution in [3.8, 4) is 0 Å². The third-order valence-corrected chi connectivity index (χ3v) is 0.715. The Morgan fingerprint density at radius 3 is 2.00 bits per heavy atom. The maximum Gasteiger partial charge on any atom is 0.185 e. The summed E-state index contributed by atoms with van der Waals surface area (Å²) in [5, 5.41) is 0. The van der Waals surface area contributed by atoms with Crippen LogP contribution in [0.2, 0.25) is 0 Å². The molecular formula is C7H6O4. The molecule has 0 aliphatic heterocycles. The van der Waals surface area contributed by atoms with Gasteiger partial charge in [0.15, 0.2) is 24.6 Å². The van der Waals surface area contributed by atoms with Gasteiger partial charge in [0.25, 0.3) is 0 Å². The zero-order valence-corrected chi connectivity index (χ0v) is 5.60. The molecule has 4 nitrogen and oxygen atoms in total. The average Bonchev–Trinajstić information content (AvgIpc) is 2.56. The third kappa shape index (κ3) is 4.77. The Balaban J connectivity index is 0.000000218. The second kappa shape index (κ2) is 6.41. The molecule has 0 N–H and O–H groups in total. The van der Waals surface area contributed by atoms with Crippen LogP contribution < -0.4 is 0 Å². The van der Waals surface area contributed by atoms with Crippen LogP contribution in [0.15, 0.2) is 22.8 Å². The van der Waals surface area contributed by atoms with Gasteiger partial charge < -0.3 is 4.42 Å². The van der Waals surface area contributed by atoms with Crippen LogP contribution in [0.3, 0.4) is 0 Å². The SMILES string of the molecule is O=CC=O.O=Cc1ccco1. The van der Waals surface area contributed by atoms with E-state index < -0.39 is 0 Å². The molecule has 0 bridgehead atoms. The van der Waals surface area contributed by atoms with Crippen molar-refractivity contribution in [3.05, 3.63) is 24.2 Å². The lowest BCUT2D eigenvalue weighted by molar-refractivity contribution is -0.122. The van der Waals surface area contributed by atoms with Crippen molar-refractivity contribution in [3.63, 3.8) is 0 Å². The van der Waals surface area contributed by atoms with Gasteiger partial charge in [-0.2, -0.15) is 0 Å². The van der Waals surface area contributed by atoms with Crippen LogP contribution in [-0.2, 0) is 9.59 Å². The quantitative estimate of drug-likeness (QED) is 0.459. The van der Waals surface area contributed by atoms with E-state index in [9.17, 15) is 4.79 Å². The fourth-order valence-electron chi connectivity index (χ4n) is 0.358. The molecule has 0 aromatic carbocycles. The van der Waals surface area contributed by atoms with E-state index in [0.29, 0.717) is 12.0 Å². The molecule has 0 amide bonds. The molecule has 58 valence electrons. The summed E-state index contributed by atoms with van der Waals surface area (Å²) < 4.78 is 4.61. The maximum absolute atomic E-state index is 9.77. The van der Waals surface area contributed by atoms with Gasteiger partial charge in [-0.3, -0.25) is 14.4 Å². The van der Waals surface area contributed by atoms with E-state index in [1.54, 1.807) is 12.1 Å². The molecule has 1 rings (SSSR count). The van der Waals surface area contributed by atoms with E-state index in [0.717, 1.165) is 0 Å². The summed E-state index contributed by atoms with van der Waals surface area (Å²) in [5.41, 5.74) is 0. The monoisotopic (exact) mass is 154 g/mol. The highest BCUT2D eigenvalue weighted by Gasteiger charge is 1.84. The number of carbonyl (C=O) groups is 3. The molecule has 11 heavy (non-hydrogen) atoms. The van der Waals surface area contributed by atoms with E-state index in [-0.39, 0.29) is 12.6 Å². The molecule has 0 radical (unpaired) electrons. The number of aldehydes is 3. The van der Waals surface area contributed by atoms with Crippen LogP contribution in [-0.4, -0.2) is 18.9 Å². The van der Waals surface area contributed by atoms with Gasteiger partial charge in [0.1, 0.15) is 0 Å². The molecule has 0 aliphatic rings. The van der Waals surface area contributed by atoms with Gasteiger partial charge in [0, 0.05) is 0 Å². The minimum absolute atomic E-state index is 0.194. The first kappa shape index (κ1) is 9.29. The molecule has 1 heterocycles. The van der Waals surface area contributed by atoms with Crippen molar-refractivity contribution in [1.82, 2.24) is 0 Å². The van der Waals surface area contributed by atoms with Crippen LogP contribution in [0.25, 0.3) is 0 Å². The molecule has 0 saturated heterocycles. The standard InChI is InChI=1S/C5H4O2.C2H2O2/c6-4-5-2-1-3-7-5;3-1-2-4/h1-4H;1-2H. The van der Waals surface area contributed by atoms with Crippen LogP contribution in [0.5, 0.6) is 0 Å². The fourth-order valence-corrected chi connectivity index (χ4v) is 0.358. The summed E-state index contributed by atoms with van der Waals surface area (Å²) in [6.07, 6.45) is 2.52. The summed E-state index contributed by atoms with van der Waals surface area (Å²) in [4.78, 5) is 27.4. The van der Waals surface area contributed by atoms with Crippen molar-refractivity contribution in [2.75, 3.05) is 0 Å². The first-order chi connectivity index (χ1) is 5.35. The normalized spacial score (nSPS) is 7.27. The summed E-state index contributed by atoms with van der Waals surface area (Å²) >= 11 is 0. The van der Waals surface area contributed by atoms with Crippen molar-refractivity contribution < 1.29 is 18.8 Å². The molecule has 1 aromatic heterocycles. The van der Waals surface area contributed by atoms with Gasteiger partial charge in [-0.1, -0.05) is 0 Å². The first-order valence-electron chi connectivity index (χ1n) is 2.72. The molecule has 0 spiro atoms. The number of carbonyl (C=O) groups excluding carboxylic acids is 3. The molecule has 0 saturated carbocycles. The highest BCUT2D eigenvalue weighted by Crippen LogP contribution is 1.92. The molecule has 0 aliphatic carbocycles. The molecule has 0 fully saturated rings. The van der Waals surface area contributed by atoms with E-state index in [2.05, 4.69) is 4.42 Å². The Bertz CT molecular complexity index is 206. The van der Waals surface area contributed by atoms with Gasteiger partial charge in [-0.05, 0) is 12.1 Å². The van der Waals surface area contributed by atoms with Gasteiger partial charge in [0.05, 0.1) is 6.26 Å². The lowest BCUT2D eigenvalue weighted by atomic mass is 10.5. The number of furan rings is 1. The maximum atomic E-state index is 9.77. The zero-order chi connectivity index (χ0) is 8.53. The predicted octanol–water partition coefficient (Wildman–Crippen LogP) is 0.476. The Kier molecular flexibility index (Phi) is 5.41. The second-order valence-corrected chi connectivity index (χ2v) is 1.41. The Morgan fingerprint density at radius 2 is 1.82 bits per heavy atom. The van der Waals surface area contributed by atoms with Crippen molar-refractivity contribution in [2.24, 2.45) is 0 Å². The van der Waals surface area contributed by atoms with Crippen LogP contribution in [0.1, 0.15) is 10.6 Å².